The summed E-state index contributed by atoms with van der Waals surface area (Å²) < 4.78 is 15.1. The minimum absolute atomic E-state index is 0.232. The summed E-state index contributed by atoms with van der Waals surface area (Å²) in [7, 11) is 0. The molecule has 138 valence electrons. The third-order valence-electron chi connectivity index (χ3n) is 4.55. The molecule has 1 amide bonds. The monoisotopic (exact) mass is 372 g/mol. The van der Waals surface area contributed by atoms with E-state index in [1.165, 1.54) is 24.3 Å². The zero-order chi connectivity index (χ0) is 19.7. The van der Waals surface area contributed by atoms with Crippen molar-refractivity contribution in [3.8, 4) is 11.1 Å². The number of anilines is 1. The number of Topliss-reactive ketones (excluding diaryl/α,β-unsaturated/α-hetero) is 1. The summed E-state index contributed by atoms with van der Waals surface area (Å²) in [6.45, 7) is 1.98. The Labute approximate surface area is 161 Å². The molecular formula is C23H17FN2O2. The lowest BCUT2D eigenvalue weighted by Crippen LogP contribution is -2.24. The molecule has 0 saturated carbocycles. The Bertz CT molecular complexity index is 1190. The highest BCUT2D eigenvalue weighted by Gasteiger charge is 2.24. The quantitative estimate of drug-likeness (QED) is 0.410. The molecule has 0 aliphatic heterocycles. The van der Waals surface area contributed by atoms with Gasteiger partial charge in [0.1, 0.15) is 11.5 Å². The van der Waals surface area contributed by atoms with E-state index in [9.17, 15) is 14.0 Å². The lowest BCUT2D eigenvalue weighted by molar-refractivity contribution is -0.112. The molecule has 0 atom stereocenters. The van der Waals surface area contributed by atoms with Gasteiger partial charge in [0.25, 0.3) is 11.7 Å². The van der Waals surface area contributed by atoms with E-state index in [4.69, 9.17) is 0 Å². The van der Waals surface area contributed by atoms with Gasteiger partial charge in [0.05, 0.1) is 0 Å². The average molecular weight is 372 g/mol. The van der Waals surface area contributed by atoms with Gasteiger partial charge in [-0.05, 0) is 48.9 Å². The van der Waals surface area contributed by atoms with Crippen molar-refractivity contribution < 1.29 is 14.0 Å². The van der Waals surface area contributed by atoms with E-state index >= 15 is 0 Å². The first kappa shape index (κ1) is 17.7. The Kier molecular flexibility index (Phi) is 4.49. The van der Waals surface area contributed by atoms with E-state index in [1.807, 2.05) is 49.4 Å². The maximum absolute atomic E-state index is 13.4. The minimum atomic E-state index is -0.817. The molecule has 0 aliphatic rings. The number of ketones is 1. The van der Waals surface area contributed by atoms with Crippen molar-refractivity contribution in [1.29, 1.82) is 0 Å². The third kappa shape index (κ3) is 3.30. The summed E-state index contributed by atoms with van der Waals surface area (Å²) in [5, 5.41) is 2.48. The number of nitrogens with zero attached hydrogens (tertiary/aromatic N) is 1. The molecule has 0 radical (unpaired) electrons. The van der Waals surface area contributed by atoms with Crippen molar-refractivity contribution in [3.05, 3.63) is 96.1 Å². The van der Waals surface area contributed by atoms with Crippen molar-refractivity contribution in [2.24, 2.45) is 0 Å². The molecule has 28 heavy (non-hydrogen) atoms. The Balaban J connectivity index is 1.78. The summed E-state index contributed by atoms with van der Waals surface area (Å²) in [6.07, 6.45) is 1.75. The molecule has 2 heterocycles. The summed E-state index contributed by atoms with van der Waals surface area (Å²) in [5.74, 6) is -1.99. The number of carbonyl (C=O) groups is 2. The number of nitrogens with one attached hydrogen (secondary N) is 1. The average Bonchev–Trinajstić information content (AvgIpc) is 3.07. The number of benzene rings is 2. The third-order valence-corrected chi connectivity index (χ3v) is 4.55. The van der Waals surface area contributed by atoms with Crippen LogP contribution < -0.4 is 5.32 Å². The number of amides is 1. The van der Waals surface area contributed by atoms with Crippen LogP contribution in [0.4, 0.5) is 10.1 Å². The second-order valence-corrected chi connectivity index (χ2v) is 6.56. The molecular weight excluding hydrogens is 355 g/mol. The van der Waals surface area contributed by atoms with E-state index in [-0.39, 0.29) is 11.4 Å². The van der Waals surface area contributed by atoms with Gasteiger partial charge in [-0.25, -0.2) is 4.39 Å². The molecule has 2 aromatic heterocycles. The largest absolute Gasteiger partial charge is 0.319 e. The Morgan fingerprint density at radius 3 is 2.46 bits per heavy atom. The molecule has 4 rings (SSSR count). The van der Waals surface area contributed by atoms with Crippen molar-refractivity contribution in [3.63, 3.8) is 0 Å². The Morgan fingerprint density at radius 2 is 1.71 bits per heavy atom. The van der Waals surface area contributed by atoms with E-state index in [0.717, 1.165) is 16.6 Å². The number of hydrogen-bond donors (Lipinski definition) is 1. The number of pyridine rings is 1. The van der Waals surface area contributed by atoms with Crippen molar-refractivity contribution in [1.82, 2.24) is 4.40 Å². The summed E-state index contributed by atoms with van der Waals surface area (Å²) in [6, 6.07) is 20.6. The number of aromatic nitrogens is 1. The highest BCUT2D eigenvalue weighted by Crippen LogP contribution is 2.29. The molecule has 4 aromatic rings. The van der Waals surface area contributed by atoms with Gasteiger partial charge < -0.3 is 9.72 Å². The first-order valence-electron chi connectivity index (χ1n) is 8.81. The summed E-state index contributed by atoms with van der Waals surface area (Å²) >= 11 is 0. The van der Waals surface area contributed by atoms with Gasteiger partial charge in [-0.15, -0.1) is 0 Å². The van der Waals surface area contributed by atoms with E-state index in [1.54, 1.807) is 16.7 Å². The van der Waals surface area contributed by atoms with Crippen LogP contribution in [0.15, 0.2) is 79.0 Å². The van der Waals surface area contributed by atoms with Gasteiger partial charge in [-0.1, -0.05) is 42.0 Å². The fraction of sp³-hybridized carbons (Fsp3) is 0.0435. The van der Waals surface area contributed by atoms with Crippen molar-refractivity contribution >= 4 is 22.9 Å². The van der Waals surface area contributed by atoms with Crippen LogP contribution in [0.3, 0.4) is 0 Å². The highest BCUT2D eigenvalue weighted by molar-refractivity contribution is 6.47. The number of fused-ring (bicyclic) bond motifs is 1. The first-order valence-corrected chi connectivity index (χ1v) is 8.81. The van der Waals surface area contributed by atoms with Gasteiger partial charge in [0.2, 0.25) is 0 Å². The van der Waals surface area contributed by atoms with Crippen LogP contribution in [0, 0.1) is 12.7 Å². The minimum Gasteiger partial charge on any atom is -0.319 e. The molecule has 0 spiro atoms. The molecule has 1 N–H and O–H groups in total. The smallest absolute Gasteiger partial charge is 0.298 e. The van der Waals surface area contributed by atoms with Crippen LogP contribution in [0.25, 0.3) is 16.6 Å². The van der Waals surface area contributed by atoms with Crippen LogP contribution in [0.5, 0.6) is 0 Å². The summed E-state index contributed by atoms with van der Waals surface area (Å²) in [5.41, 5.74) is 3.93. The molecule has 0 saturated heterocycles. The van der Waals surface area contributed by atoms with Crippen molar-refractivity contribution in [2.75, 3.05) is 5.32 Å². The highest BCUT2D eigenvalue weighted by atomic mass is 19.1. The van der Waals surface area contributed by atoms with E-state index in [2.05, 4.69) is 5.32 Å². The number of hydrogen-bond acceptors (Lipinski definition) is 2. The lowest BCUT2D eigenvalue weighted by Gasteiger charge is -2.08. The lowest BCUT2D eigenvalue weighted by atomic mass is 10.0. The number of rotatable bonds is 4. The maximum atomic E-state index is 13.4. The van der Waals surface area contributed by atoms with Crippen molar-refractivity contribution in [2.45, 2.75) is 6.92 Å². The van der Waals surface area contributed by atoms with Crippen LogP contribution in [-0.4, -0.2) is 16.1 Å². The van der Waals surface area contributed by atoms with E-state index < -0.39 is 17.5 Å². The molecule has 4 nitrogen and oxygen atoms in total. The second-order valence-electron chi connectivity index (χ2n) is 6.56. The second kappa shape index (κ2) is 7.12. The maximum Gasteiger partial charge on any atom is 0.298 e. The molecule has 0 unspecified atom stereocenters. The predicted molar refractivity (Wildman–Crippen MR) is 107 cm³/mol. The summed E-state index contributed by atoms with van der Waals surface area (Å²) in [4.78, 5) is 25.7. The van der Waals surface area contributed by atoms with Crippen LogP contribution in [0.2, 0.25) is 0 Å². The molecule has 2 aromatic carbocycles. The van der Waals surface area contributed by atoms with Gasteiger partial charge in [-0.3, -0.25) is 9.59 Å². The van der Waals surface area contributed by atoms with Gasteiger partial charge in [-0.2, -0.15) is 0 Å². The first-order chi connectivity index (χ1) is 13.5. The van der Waals surface area contributed by atoms with Gasteiger partial charge in [0, 0.05) is 23.0 Å². The SMILES string of the molecule is Cc1ccc(-c2cc3ccccn3c2C(=O)C(=O)Nc2cccc(F)c2)cc1. The van der Waals surface area contributed by atoms with Gasteiger partial charge >= 0.3 is 0 Å². The molecule has 0 aliphatic carbocycles. The fourth-order valence-electron chi connectivity index (χ4n) is 3.17. The normalized spacial score (nSPS) is 10.8. The van der Waals surface area contributed by atoms with Crippen LogP contribution in [-0.2, 0) is 4.79 Å². The molecule has 0 fully saturated rings. The Morgan fingerprint density at radius 1 is 0.929 bits per heavy atom. The zero-order valence-electron chi connectivity index (χ0n) is 15.1. The van der Waals surface area contributed by atoms with Crippen LogP contribution >= 0.6 is 0 Å². The van der Waals surface area contributed by atoms with E-state index in [0.29, 0.717) is 5.56 Å². The fourth-order valence-corrected chi connectivity index (χ4v) is 3.17. The predicted octanol–water partition coefficient (Wildman–Crippen LogP) is 4.88. The van der Waals surface area contributed by atoms with Gasteiger partial charge in [0.15, 0.2) is 0 Å². The standard InChI is InChI=1S/C23H17FN2O2/c1-15-8-10-16(11-9-15)20-14-19-7-2-3-12-26(19)21(20)22(27)23(28)25-18-6-4-5-17(24)13-18/h2-14H,1H3,(H,25,28). The molecule has 0 bridgehead atoms. The topological polar surface area (TPSA) is 50.6 Å². The Hall–Kier alpha value is -3.73. The number of halogens is 1. The zero-order valence-corrected chi connectivity index (χ0v) is 15.1. The molecule has 5 heteroatoms. The number of aryl methyl sites for hydroxylation is 1. The number of carbonyl (C=O) groups excluding carboxylic acids is 2. The van der Waals surface area contributed by atoms with Crippen LogP contribution in [0.1, 0.15) is 16.1 Å².